The average molecular weight is 441 g/mol. The maximum atomic E-state index is 14.1. The van der Waals surface area contributed by atoms with E-state index < -0.39 is 0 Å². The lowest BCUT2D eigenvalue weighted by Crippen LogP contribution is -2.46. The van der Waals surface area contributed by atoms with Gasteiger partial charge in [-0.05, 0) is 69.6 Å². The minimum absolute atomic E-state index is 0.114. The van der Waals surface area contributed by atoms with Crippen LogP contribution >= 0.6 is 0 Å². The maximum absolute atomic E-state index is 14.1. The smallest absolute Gasteiger partial charge is 0.267 e. The number of likely N-dealkylation sites (tertiary alicyclic amines) is 1. The van der Waals surface area contributed by atoms with Gasteiger partial charge in [-0.25, -0.2) is 4.39 Å². The zero-order valence-electron chi connectivity index (χ0n) is 19.0. The molecule has 2 N–H and O–H groups in total. The highest BCUT2D eigenvalue weighted by atomic mass is 19.1. The molecule has 3 fully saturated rings. The summed E-state index contributed by atoms with van der Waals surface area (Å²) in [4.78, 5) is 32.9. The highest BCUT2D eigenvalue weighted by Crippen LogP contribution is 2.33. The molecule has 3 aliphatic rings. The van der Waals surface area contributed by atoms with Crippen LogP contribution in [0.3, 0.4) is 0 Å². The van der Waals surface area contributed by atoms with Crippen molar-refractivity contribution in [1.29, 1.82) is 0 Å². The van der Waals surface area contributed by atoms with Crippen molar-refractivity contribution in [3.8, 4) is 0 Å². The minimum atomic E-state index is -0.313. The summed E-state index contributed by atoms with van der Waals surface area (Å²) >= 11 is 0. The molecule has 2 unspecified atom stereocenters. The second-order valence-corrected chi connectivity index (χ2v) is 9.99. The number of aryl methyl sites for hydroxylation is 1. The number of aromatic amines is 1. The number of carbonyl (C=O) groups excluding carboxylic acids is 2. The van der Waals surface area contributed by atoms with Crippen LogP contribution in [0.4, 0.5) is 4.39 Å². The van der Waals surface area contributed by atoms with Crippen molar-refractivity contribution in [2.45, 2.75) is 70.0 Å². The summed E-state index contributed by atoms with van der Waals surface area (Å²) in [5.74, 6) is 0.105. The number of nitrogens with one attached hydrogen (secondary N) is 2. The standard InChI is InChI=1S/C25H33FN4O2/c1-15-6-9-21(26)20-13-22(28-23(15)20)24(31)27-17-4-3-5-18(12-17)30-11-10-19(14-30)29(2)25(32)16-7-8-16/h6,9,13,16-19,28H,3-5,7-8,10-12,14H2,1-2H3,(H,27,31)/t17-,18?,19?/m1/s1. The van der Waals surface area contributed by atoms with Crippen LogP contribution in [-0.2, 0) is 4.79 Å². The normalized spacial score (nSPS) is 26.4. The molecule has 32 heavy (non-hydrogen) atoms. The summed E-state index contributed by atoms with van der Waals surface area (Å²) in [6, 6.07) is 5.64. The van der Waals surface area contributed by atoms with Gasteiger partial charge in [0.25, 0.3) is 5.91 Å². The zero-order chi connectivity index (χ0) is 22.4. The lowest BCUT2D eigenvalue weighted by Gasteiger charge is -2.36. The molecule has 0 spiro atoms. The second-order valence-electron chi connectivity index (χ2n) is 9.99. The monoisotopic (exact) mass is 440 g/mol. The van der Waals surface area contributed by atoms with Gasteiger partial charge >= 0.3 is 0 Å². The summed E-state index contributed by atoms with van der Waals surface area (Å²) in [5.41, 5.74) is 2.02. The number of nitrogens with zero attached hydrogens (tertiary/aromatic N) is 2. The zero-order valence-corrected chi connectivity index (χ0v) is 19.0. The number of rotatable bonds is 5. The second kappa shape index (κ2) is 8.50. The van der Waals surface area contributed by atoms with Gasteiger partial charge < -0.3 is 15.2 Å². The van der Waals surface area contributed by atoms with Crippen molar-refractivity contribution in [3.05, 3.63) is 35.3 Å². The third kappa shape index (κ3) is 4.15. The first-order valence-corrected chi connectivity index (χ1v) is 12.0. The SMILES string of the molecule is Cc1ccc(F)c2cc(C(=O)N[C@@H]3CCCC(N4CCC(N(C)C(=O)C5CC5)C4)C3)[nH]c12. The van der Waals surface area contributed by atoms with Gasteiger partial charge in [-0.1, -0.05) is 6.07 Å². The average Bonchev–Trinajstić information content (AvgIpc) is 3.33. The Balaban J connectivity index is 1.19. The molecule has 1 saturated heterocycles. The Kier molecular flexibility index (Phi) is 5.70. The molecule has 1 aromatic carbocycles. The summed E-state index contributed by atoms with van der Waals surface area (Å²) in [6.07, 6.45) is 7.23. The lowest BCUT2D eigenvalue weighted by molar-refractivity contribution is -0.133. The van der Waals surface area contributed by atoms with Gasteiger partial charge in [-0.2, -0.15) is 0 Å². The largest absolute Gasteiger partial charge is 0.350 e. The van der Waals surface area contributed by atoms with E-state index in [9.17, 15) is 14.0 Å². The highest BCUT2D eigenvalue weighted by Gasteiger charge is 2.38. The molecule has 2 saturated carbocycles. The fourth-order valence-corrected chi connectivity index (χ4v) is 5.55. The minimum Gasteiger partial charge on any atom is -0.350 e. The van der Waals surface area contributed by atoms with Crippen molar-refractivity contribution in [1.82, 2.24) is 20.1 Å². The van der Waals surface area contributed by atoms with E-state index in [0.717, 1.165) is 63.6 Å². The number of carbonyl (C=O) groups is 2. The summed E-state index contributed by atoms with van der Waals surface area (Å²) < 4.78 is 14.1. The Hall–Kier alpha value is -2.41. The van der Waals surface area contributed by atoms with Gasteiger partial charge in [-0.3, -0.25) is 14.5 Å². The van der Waals surface area contributed by atoms with Crippen LogP contribution in [0.15, 0.2) is 18.2 Å². The Morgan fingerprint density at radius 3 is 2.75 bits per heavy atom. The van der Waals surface area contributed by atoms with Gasteiger partial charge in [0.1, 0.15) is 11.5 Å². The fourth-order valence-electron chi connectivity index (χ4n) is 5.55. The molecule has 2 aromatic rings. The molecular weight excluding hydrogens is 407 g/mol. The lowest BCUT2D eigenvalue weighted by atomic mass is 9.90. The third-order valence-corrected chi connectivity index (χ3v) is 7.71. The predicted molar refractivity (Wildman–Crippen MR) is 122 cm³/mol. The molecule has 0 radical (unpaired) electrons. The van der Waals surface area contributed by atoms with Crippen molar-refractivity contribution in [2.75, 3.05) is 20.1 Å². The van der Waals surface area contributed by atoms with Crippen LogP contribution in [0.5, 0.6) is 0 Å². The summed E-state index contributed by atoms with van der Waals surface area (Å²) in [5, 5.41) is 3.64. The number of hydrogen-bond acceptors (Lipinski definition) is 3. The van der Waals surface area contributed by atoms with Gasteiger partial charge in [0.15, 0.2) is 0 Å². The quantitative estimate of drug-likeness (QED) is 0.747. The third-order valence-electron chi connectivity index (χ3n) is 7.71. The maximum Gasteiger partial charge on any atom is 0.267 e. The molecule has 0 bridgehead atoms. The van der Waals surface area contributed by atoms with Crippen LogP contribution in [0.2, 0.25) is 0 Å². The van der Waals surface area contributed by atoms with Gasteiger partial charge in [0.2, 0.25) is 5.91 Å². The first kappa shape index (κ1) is 21.4. The number of H-pyrrole nitrogens is 1. The van der Waals surface area contributed by atoms with E-state index in [1.807, 2.05) is 18.9 Å². The molecule has 2 amide bonds. The number of likely N-dealkylation sites (N-methyl/N-ethyl adjacent to an activating group) is 1. The first-order valence-electron chi connectivity index (χ1n) is 12.0. The van der Waals surface area contributed by atoms with E-state index >= 15 is 0 Å². The van der Waals surface area contributed by atoms with Crippen molar-refractivity contribution in [2.24, 2.45) is 5.92 Å². The predicted octanol–water partition coefficient (Wildman–Crippen LogP) is 3.60. The number of benzene rings is 1. The molecule has 3 atom stereocenters. The van der Waals surface area contributed by atoms with E-state index in [1.165, 1.54) is 6.07 Å². The van der Waals surface area contributed by atoms with E-state index in [2.05, 4.69) is 15.2 Å². The highest BCUT2D eigenvalue weighted by molar-refractivity contribution is 5.99. The Bertz CT molecular complexity index is 991. The number of hydrogen-bond donors (Lipinski definition) is 2. The van der Waals surface area contributed by atoms with Crippen LogP contribution in [0, 0.1) is 18.7 Å². The number of halogens is 1. The van der Waals surface area contributed by atoms with E-state index in [-0.39, 0.29) is 23.7 Å². The van der Waals surface area contributed by atoms with Crippen molar-refractivity contribution in [3.63, 3.8) is 0 Å². The van der Waals surface area contributed by atoms with Gasteiger partial charge in [0, 0.05) is 49.6 Å². The van der Waals surface area contributed by atoms with Crippen molar-refractivity contribution < 1.29 is 14.0 Å². The molecule has 6 nitrogen and oxygen atoms in total. The fraction of sp³-hybridized carbons (Fsp3) is 0.600. The van der Waals surface area contributed by atoms with Gasteiger partial charge in [0.05, 0.1) is 5.52 Å². The van der Waals surface area contributed by atoms with Crippen LogP contribution in [-0.4, -0.2) is 64.9 Å². The molecule has 2 aliphatic carbocycles. The molecule has 7 heteroatoms. The molecule has 5 rings (SSSR count). The molecule has 1 aliphatic heterocycles. The summed E-state index contributed by atoms with van der Waals surface area (Å²) in [7, 11) is 1.96. The Labute approximate surface area is 188 Å². The molecule has 172 valence electrons. The van der Waals surface area contributed by atoms with Gasteiger partial charge in [-0.15, -0.1) is 0 Å². The van der Waals surface area contributed by atoms with E-state index in [1.54, 1.807) is 12.1 Å². The number of amides is 2. The Morgan fingerprint density at radius 2 is 2.00 bits per heavy atom. The van der Waals surface area contributed by atoms with E-state index in [0.29, 0.717) is 34.6 Å². The summed E-state index contributed by atoms with van der Waals surface area (Å²) in [6.45, 7) is 3.85. The number of aromatic nitrogens is 1. The van der Waals surface area contributed by atoms with Crippen molar-refractivity contribution >= 4 is 22.7 Å². The number of fused-ring (bicyclic) bond motifs is 1. The van der Waals surface area contributed by atoms with Crippen LogP contribution in [0.25, 0.3) is 10.9 Å². The van der Waals surface area contributed by atoms with Crippen LogP contribution < -0.4 is 5.32 Å². The van der Waals surface area contributed by atoms with Crippen LogP contribution in [0.1, 0.15) is 61.0 Å². The topological polar surface area (TPSA) is 68.4 Å². The molecular formula is C25H33FN4O2. The van der Waals surface area contributed by atoms with E-state index in [4.69, 9.17) is 0 Å². The molecule has 2 heterocycles. The molecule has 1 aromatic heterocycles. The Morgan fingerprint density at radius 1 is 1.19 bits per heavy atom. The first-order chi connectivity index (χ1) is 15.4.